The summed E-state index contributed by atoms with van der Waals surface area (Å²) in [6.45, 7) is 1.52. The molecule has 1 N–H and O–H groups in total. The molecule has 0 aliphatic carbocycles. The topological polar surface area (TPSA) is 72.8 Å². The molecule has 0 saturated heterocycles. The van der Waals surface area contributed by atoms with Gasteiger partial charge in [-0.1, -0.05) is 42.3 Å². The first-order valence-electron chi connectivity index (χ1n) is 7.26. The van der Waals surface area contributed by atoms with Crippen LogP contribution in [0.25, 0.3) is 0 Å². The Hall–Kier alpha value is -2.70. The molecule has 2 aromatic rings. The molecule has 6 heteroatoms. The van der Waals surface area contributed by atoms with Gasteiger partial charge in [0.2, 0.25) is 0 Å². The number of para-hydroxylation sites is 2. The van der Waals surface area contributed by atoms with Crippen LogP contribution in [0.15, 0.2) is 60.7 Å². The van der Waals surface area contributed by atoms with Crippen molar-refractivity contribution in [2.75, 3.05) is 6.16 Å². The van der Waals surface area contributed by atoms with Crippen LogP contribution >= 0.6 is 7.60 Å². The van der Waals surface area contributed by atoms with Gasteiger partial charge in [-0.15, -0.1) is 5.92 Å². The molecular formula is C18H17O5P. The molecule has 2 rings (SSSR count). The van der Waals surface area contributed by atoms with Crippen molar-refractivity contribution < 1.29 is 23.5 Å². The molecule has 0 aliphatic rings. The molecule has 0 saturated carbocycles. The highest BCUT2D eigenvalue weighted by Gasteiger charge is 2.35. The fourth-order valence-corrected chi connectivity index (χ4v) is 3.73. The quantitative estimate of drug-likeness (QED) is 0.606. The Labute approximate surface area is 140 Å². The number of rotatable bonds is 7. The second kappa shape index (κ2) is 8.24. The monoisotopic (exact) mass is 344 g/mol. The molecule has 24 heavy (non-hydrogen) atoms. The second-order valence-corrected chi connectivity index (χ2v) is 6.84. The zero-order chi connectivity index (χ0) is 17.4. The van der Waals surface area contributed by atoms with E-state index < -0.39 is 19.5 Å². The minimum Gasteiger partial charge on any atom is -0.480 e. The van der Waals surface area contributed by atoms with E-state index in [4.69, 9.17) is 9.05 Å². The second-order valence-electron chi connectivity index (χ2n) is 4.89. The number of carboxylic acids is 1. The van der Waals surface area contributed by atoms with E-state index in [1.54, 1.807) is 60.7 Å². The van der Waals surface area contributed by atoms with Crippen LogP contribution in [0.3, 0.4) is 0 Å². The molecule has 124 valence electrons. The van der Waals surface area contributed by atoms with Gasteiger partial charge >= 0.3 is 13.6 Å². The van der Waals surface area contributed by atoms with Gasteiger partial charge in [0.15, 0.2) is 0 Å². The summed E-state index contributed by atoms with van der Waals surface area (Å²) in [6.07, 6.45) is -0.354. The summed E-state index contributed by atoms with van der Waals surface area (Å²) < 4.78 is 24.2. The van der Waals surface area contributed by atoms with Crippen LogP contribution in [0.4, 0.5) is 0 Å². The molecule has 0 bridgehead atoms. The van der Waals surface area contributed by atoms with Gasteiger partial charge in [-0.3, -0.25) is 4.79 Å². The van der Waals surface area contributed by atoms with E-state index in [0.29, 0.717) is 11.5 Å². The van der Waals surface area contributed by atoms with E-state index >= 15 is 0 Å². The molecule has 1 unspecified atom stereocenters. The standard InChI is InChI=1S/C18H17O5P/c1-2-9-15(18(19)20)14-24(21,22-16-10-5-3-6-11-16)23-17-12-7-4-8-13-17/h3-8,10-13,15H,14H2,1H3,(H,19,20). The molecule has 5 nitrogen and oxygen atoms in total. The molecule has 0 aliphatic heterocycles. The minimum atomic E-state index is -3.79. The number of hydrogen-bond acceptors (Lipinski definition) is 4. The first kappa shape index (κ1) is 17.7. The lowest BCUT2D eigenvalue weighted by Gasteiger charge is -2.21. The summed E-state index contributed by atoms with van der Waals surface area (Å²) in [6, 6.07) is 17.0. The highest BCUT2D eigenvalue weighted by atomic mass is 31.2. The molecule has 0 radical (unpaired) electrons. The van der Waals surface area contributed by atoms with Crippen LogP contribution in [0.2, 0.25) is 0 Å². The van der Waals surface area contributed by atoms with E-state index in [0.717, 1.165) is 0 Å². The van der Waals surface area contributed by atoms with Crippen molar-refractivity contribution in [2.24, 2.45) is 5.92 Å². The lowest BCUT2D eigenvalue weighted by atomic mass is 10.2. The van der Waals surface area contributed by atoms with Crippen molar-refractivity contribution in [3.05, 3.63) is 60.7 Å². The number of carboxylic acid groups (broad SMARTS) is 1. The predicted octanol–water partition coefficient (Wildman–Crippen LogP) is 4.06. The van der Waals surface area contributed by atoms with Crippen LogP contribution in [-0.2, 0) is 9.36 Å². The van der Waals surface area contributed by atoms with Crippen LogP contribution in [-0.4, -0.2) is 17.2 Å². The fourth-order valence-electron chi connectivity index (χ4n) is 1.96. The molecule has 1 atom stereocenters. The third-order valence-corrected chi connectivity index (χ3v) is 4.79. The lowest BCUT2D eigenvalue weighted by molar-refractivity contribution is -0.139. The maximum atomic E-state index is 13.2. The largest absolute Gasteiger partial charge is 0.480 e. The summed E-state index contributed by atoms with van der Waals surface area (Å²) in [4.78, 5) is 11.3. The smallest absolute Gasteiger partial charge is 0.432 e. The Morgan fingerprint density at radius 3 is 1.88 bits per heavy atom. The van der Waals surface area contributed by atoms with E-state index in [9.17, 15) is 14.5 Å². The van der Waals surface area contributed by atoms with Gasteiger partial charge in [0.05, 0.1) is 6.16 Å². The zero-order valence-electron chi connectivity index (χ0n) is 13.1. The predicted molar refractivity (Wildman–Crippen MR) is 91.2 cm³/mol. The highest BCUT2D eigenvalue weighted by Crippen LogP contribution is 2.49. The van der Waals surface area contributed by atoms with Gasteiger partial charge < -0.3 is 14.2 Å². The Bertz CT molecular complexity index is 732. The van der Waals surface area contributed by atoms with Gasteiger partial charge in [-0.2, -0.15) is 0 Å². The molecule has 0 spiro atoms. The van der Waals surface area contributed by atoms with Crippen LogP contribution in [0.1, 0.15) is 6.92 Å². The van der Waals surface area contributed by atoms with Crippen LogP contribution < -0.4 is 9.05 Å². The zero-order valence-corrected chi connectivity index (χ0v) is 14.0. The van der Waals surface area contributed by atoms with Crippen molar-refractivity contribution in [3.63, 3.8) is 0 Å². The minimum absolute atomic E-state index is 0.338. The van der Waals surface area contributed by atoms with Crippen molar-refractivity contribution in [2.45, 2.75) is 6.92 Å². The highest BCUT2D eigenvalue weighted by molar-refractivity contribution is 7.54. The van der Waals surface area contributed by atoms with Crippen molar-refractivity contribution in [3.8, 4) is 23.3 Å². The van der Waals surface area contributed by atoms with Gasteiger partial charge in [0, 0.05) is 0 Å². The van der Waals surface area contributed by atoms with Gasteiger partial charge in [-0.05, 0) is 31.2 Å². The molecule has 2 aromatic carbocycles. The Morgan fingerprint density at radius 2 is 1.50 bits per heavy atom. The third-order valence-electron chi connectivity index (χ3n) is 3.00. The maximum Gasteiger partial charge on any atom is 0.432 e. The Kier molecular flexibility index (Phi) is 6.06. The van der Waals surface area contributed by atoms with Gasteiger partial charge in [0.1, 0.15) is 17.4 Å². The summed E-state index contributed by atoms with van der Waals surface area (Å²) in [7, 11) is -3.79. The Morgan fingerprint density at radius 1 is 1.04 bits per heavy atom. The van der Waals surface area contributed by atoms with Crippen molar-refractivity contribution >= 4 is 13.6 Å². The number of aliphatic carboxylic acids is 1. The van der Waals surface area contributed by atoms with Gasteiger partial charge in [0.25, 0.3) is 0 Å². The van der Waals surface area contributed by atoms with Crippen LogP contribution in [0, 0.1) is 17.8 Å². The Balaban J connectivity index is 2.30. The number of hydrogen-bond donors (Lipinski definition) is 1. The molecule has 0 amide bonds. The third kappa shape index (κ3) is 5.19. The molecule has 0 fully saturated rings. The summed E-state index contributed by atoms with van der Waals surface area (Å²) in [5.41, 5.74) is 0. The number of benzene rings is 2. The van der Waals surface area contributed by atoms with Crippen molar-refractivity contribution in [1.29, 1.82) is 0 Å². The van der Waals surface area contributed by atoms with E-state index in [-0.39, 0.29) is 6.16 Å². The first-order valence-corrected chi connectivity index (χ1v) is 8.98. The van der Waals surface area contributed by atoms with Gasteiger partial charge in [-0.25, -0.2) is 4.57 Å². The average molecular weight is 344 g/mol. The molecule has 0 aromatic heterocycles. The van der Waals surface area contributed by atoms with E-state index in [2.05, 4.69) is 11.8 Å². The lowest BCUT2D eigenvalue weighted by Crippen LogP contribution is -2.20. The van der Waals surface area contributed by atoms with E-state index in [1.165, 1.54) is 6.92 Å². The SMILES string of the molecule is CC#CC(CP(=O)(Oc1ccccc1)Oc1ccccc1)C(=O)O. The number of carbonyl (C=O) groups is 1. The summed E-state index contributed by atoms with van der Waals surface area (Å²) >= 11 is 0. The fraction of sp³-hybridized carbons (Fsp3) is 0.167. The maximum absolute atomic E-state index is 13.2. The summed E-state index contributed by atoms with van der Waals surface area (Å²) in [5, 5.41) is 9.27. The van der Waals surface area contributed by atoms with Crippen molar-refractivity contribution in [1.82, 2.24) is 0 Å². The normalized spacial score (nSPS) is 11.7. The first-order chi connectivity index (χ1) is 11.5. The summed E-state index contributed by atoms with van der Waals surface area (Å²) in [5.74, 6) is 3.43. The van der Waals surface area contributed by atoms with E-state index in [1.807, 2.05) is 0 Å². The average Bonchev–Trinajstić information content (AvgIpc) is 2.56. The molecular weight excluding hydrogens is 327 g/mol. The molecule has 0 heterocycles. The van der Waals surface area contributed by atoms with Crippen LogP contribution in [0.5, 0.6) is 11.5 Å².